The zero-order chi connectivity index (χ0) is 16.2. The zero-order valence-corrected chi connectivity index (χ0v) is 13.0. The van der Waals surface area contributed by atoms with Gasteiger partial charge in [0.15, 0.2) is 0 Å². The van der Waals surface area contributed by atoms with Crippen LogP contribution >= 0.6 is 11.3 Å². The number of benzene rings is 2. The molecule has 0 unspecified atom stereocenters. The van der Waals surface area contributed by atoms with Crippen LogP contribution in [0, 0.1) is 0 Å². The molecule has 1 amide bonds. The smallest absolute Gasteiger partial charge is 0.322 e. The number of thiazole rings is 1. The van der Waals surface area contributed by atoms with Crippen LogP contribution in [-0.2, 0) is 16.0 Å². The average molecular weight is 326 g/mol. The minimum absolute atomic E-state index is 0.0888. The number of carboxylic acid groups (broad SMARTS) is 1. The Morgan fingerprint density at radius 1 is 1.13 bits per heavy atom. The van der Waals surface area contributed by atoms with Crippen LogP contribution in [0.3, 0.4) is 0 Å². The number of rotatable bonds is 5. The van der Waals surface area contributed by atoms with Gasteiger partial charge in [-0.05, 0) is 22.4 Å². The van der Waals surface area contributed by atoms with Crippen LogP contribution in [0.5, 0.6) is 0 Å². The summed E-state index contributed by atoms with van der Waals surface area (Å²) in [5, 5.41) is 13.9. The second-order valence-electron chi connectivity index (χ2n) is 5.03. The van der Waals surface area contributed by atoms with Crippen molar-refractivity contribution in [3.8, 4) is 10.4 Å². The summed E-state index contributed by atoms with van der Waals surface area (Å²) >= 11 is 1.44. The standard InChI is InChI=1S/C17H14N2O3S/c20-15(18-10-17(21)22)8-16-19-9-14(23-16)13-6-5-11-3-1-2-4-12(11)7-13/h1-7,9H,8,10H2,(H,18,20)(H,21,22). The highest BCUT2D eigenvalue weighted by Crippen LogP contribution is 2.29. The van der Waals surface area contributed by atoms with Crippen molar-refractivity contribution < 1.29 is 14.7 Å². The predicted molar refractivity (Wildman–Crippen MR) is 89.4 cm³/mol. The van der Waals surface area contributed by atoms with Crippen molar-refractivity contribution in [2.24, 2.45) is 0 Å². The van der Waals surface area contributed by atoms with E-state index in [1.165, 1.54) is 16.7 Å². The summed E-state index contributed by atoms with van der Waals surface area (Å²) in [4.78, 5) is 27.3. The van der Waals surface area contributed by atoms with Crippen LogP contribution in [-0.4, -0.2) is 28.5 Å². The van der Waals surface area contributed by atoms with E-state index in [2.05, 4.69) is 34.6 Å². The molecule has 0 radical (unpaired) electrons. The molecule has 0 aliphatic heterocycles. The molecule has 116 valence electrons. The number of carbonyl (C=O) groups excluding carboxylic acids is 1. The quantitative estimate of drug-likeness (QED) is 0.755. The van der Waals surface area contributed by atoms with Crippen molar-refractivity contribution in [1.29, 1.82) is 0 Å². The summed E-state index contributed by atoms with van der Waals surface area (Å²) in [5.74, 6) is -1.40. The Hall–Kier alpha value is -2.73. The van der Waals surface area contributed by atoms with Crippen LogP contribution in [0.25, 0.3) is 21.2 Å². The van der Waals surface area contributed by atoms with E-state index in [9.17, 15) is 9.59 Å². The average Bonchev–Trinajstić information content (AvgIpc) is 3.01. The molecule has 6 heteroatoms. The highest BCUT2D eigenvalue weighted by molar-refractivity contribution is 7.15. The molecule has 3 aromatic rings. The zero-order valence-electron chi connectivity index (χ0n) is 12.2. The first kappa shape index (κ1) is 15.2. The van der Waals surface area contributed by atoms with Crippen LogP contribution in [0.1, 0.15) is 5.01 Å². The summed E-state index contributed by atoms with van der Waals surface area (Å²) in [6.45, 7) is -0.373. The Balaban J connectivity index is 1.75. The number of fused-ring (bicyclic) bond motifs is 1. The van der Waals surface area contributed by atoms with Crippen molar-refractivity contribution in [2.45, 2.75) is 6.42 Å². The normalized spacial score (nSPS) is 10.6. The molecule has 0 bridgehead atoms. The molecule has 2 N–H and O–H groups in total. The molecule has 0 aliphatic rings. The van der Waals surface area contributed by atoms with Crippen LogP contribution in [0.4, 0.5) is 0 Å². The topological polar surface area (TPSA) is 79.3 Å². The van der Waals surface area contributed by atoms with Gasteiger partial charge in [-0.25, -0.2) is 4.98 Å². The summed E-state index contributed by atoms with van der Waals surface area (Å²) in [6.07, 6.45) is 1.83. The van der Waals surface area contributed by atoms with Gasteiger partial charge in [-0.15, -0.1) is 11.3 Å². The second kappa shape index (κ2) is 6.58. The fraction of sp³-hybridized carbons (Fsp3) is 0.118. The molecular formula is C17H14N2O3S. The largest absolute Gasteiger partial charge is 0.480 e. The predicted octanol–water partition coefficient (Wildman–Crippen LogP) is 2.71. The molecule has 3 rings (SSSR count). The van der Waals surface area contributed by atoms with Crippen molar-refractivity contribution >= 4 is 34.0 Å². The van der Waals surface area contributed by atoms with E-state index in [0.29, 0.717) is 5.01 Å². The monoisotopic (exact) mass is 326 g/mol. The third kappa shape index (κ3) is 3.73. The Labute approximate surface area is 136 Å². The Morgan fingerprint density at radius 2 is 1.91 bits per heavy atom. The molecule has 23 heavy (non-hydrogen) atoms. The van der Waals surface area contributed by atoms with E-state index >= 15 is 0 Å². The second-order valence-corrected chi connectivity index (χ2v) is 6.14. The number of hydrogen-bond donors (Lipinski definition) is 2. The summed E-state index contributed by atoms with van der Waals surface area (Å²) in [7, 11) is 0. The summed E-state index contributed by atoms with van der Waals surface area (Å²) in [5.41, 5.74) is 1.05. The lowest BCUT2D eigenvalue weighted by atomic mass is 10.1. The van der Waals surface area contributed by atoms with Gasteiger partial charge in [-0.2, -0.15) is 0 Å². The van der Waals surface area contributed by atoms with Gasteiger partial charge in [-0.3, -0.25) is 9.59 Å². The van der Waals surface area contributed by atoms with Crippen LogP contribution in [0.2, 0.25) is 0 Å². The molecule has 0 atom stereocenters. The number of amides is 1. The highest BCUT2D eigenvalue weighted by Gasteiger charge is 2.10. The fourth-order valence-corrected chi connectivity index (χ4v) is 3.15. The Morgan fingerprint density at radius 3 is 2.70 bits per heavy atom. The molecule has 5 nitrogen and oxygen atoms in total. The molecule has 0 saturated carbocycles. The first-order valence-corrected chi connectivity index (χ1v) is 7.86. The van der Waals surface area contributed by atoms with Gasteiger partial charge in [0.2, 0.25) is 5.91 Å². The van der Waals surface area contributed by atoms with Crippen LogP contribution < -0.4 is 5.32 Å². The van der Waals surface area contributed by atoms with E-state index in [-0.39, 0.29) is 18.9 Å². The summed E-state index contributed by atoms with van der Waals surface area (Å²) < 4.78 is 0. The minimum atomic E-state index is -1.06. The van der Waals surface area contributed by atoms with Gasteiger partial charge in [0, 0.05) is 6.20 Å². The third-order valence-corrected chi connectivity index (χ3v) is 4.38. The lowest BCUT2D eigenvalue weighted by Crippen LogP contribution is -2.30. The van der Waals surface area contributed by atoms with Gasteiger partial charge in [0.1, 0.15) is 11.6 Å². The Kier molecular flexibility index (Phi) is 4.34. The van der Waals surface area contributed by atoms with E-state index in [4.69, 9.17) is 5.11 Å². The molecule has 0 fully saturated rings. The van der Waals surface area contributed by atoms with Gasteiger partial charge in [-0.1, -0.05) is 36.4 Å². The molecule has 0 saturated heterocycles. The minimum Gasteiger partial charge on any atom is -0.480 e. The summed E-state index contributed by atoms with van der Waals surface area (Å²) in [6, 6.07) is 14.3. The van der Waals surface area contributed by atoms with Crippen LogP contribution in [0.15, 0.2) is 48.7 Å². The van der Waals surface area contributed by atoms with Crippen molar-refractivity contribution in [3.63, 3.8) is 0 Å². The fourth-order valence-electron chi connectivity index (χ4n) is 2.24. The van der Waals surface area contributed by atoms with E-state index < -0.39 is 5.97 Å². The van der Waals surface area contributed by atoms with Crippen molar-refractivity contribution in [1.82, 2.24) is 10.3 Å². The molecule has 0 aliphatic carbocycles. The number of aliphatic carboxylic acids is 1. The molecule has 1 aromatic heterocycles. The molecular weight excluding hydrogens is 312 g/mol. The van der Waals surface area contributed by atoms with E-state index in [0.717, 1.165) is 15.8 Å². The molecule has 2 aromatic carbocycles. The van der Waals surface area contributed by atoms with Gasteiger partial charge in [0.25, 0.3) is 0 Å². The lowest BCUT2D eigenvalue weighted by Gasteiger charge is -2.01. The van der Waals surface area contributed by atoms with Gasteiger partial charge in [0.05, 0.1) is 11.3 Å². The first-order valence-electron chi connectivity index (χ1n) is 7.04. The molecule has 0 spiro atoms. The number of carbonyl (C=O) groups is 2. The number of nitrogens with one attached hydrogen (secondary N) is 1. The number of nitrogens with zero attached hydrogens (tertiary/aromatic N) is 1. The first-order chi connectivity index (χ1) is 11.1. The number of hydrogen-bond acceptors (Lipinski definition) is 4. The maximum absolute atomic E-state index is 11.6. The molecule has 1 heterocycles. The van der Waals surface area contributed by atoms with Gasteiger partial charge < -0.3 is 10.4 Å². The van der Waals surface area contributed by atoms with Crippen molar-refractivity contribution in [3.05, 3.63) is 53.7 Å². The highest BCUT2D eigenvalue weighted by atomic mass is 32.1. The van der Waals surface area contributed by atoms with E-state index in [1.54, 1.807) is 6.20 Å². The maximum atomic E-state index is 11.6. The van der Waals surface area contributed by atoms with Crippen molar-refractivity contribution in [2.75, 3.05) is 6.54 Å². The maximum Gasteiger partial charge on any atom is 0.322 e. The Bertz CT molecular complexity index is 873. The third-order valence-electron chi connectivity index (χ3n) is 3.34. The SMILES string of the molecule is O=C(O)CNC(=O)Cc1ncc(-c2ccc3ccccc3c2)s1. The number of carboxylic acids is 1. The van der Waals surface area contributed by atoms with E-state index in [1.807, 2.05) is 18.2 Å². The number of aromatic nitrogens is 1. The van der Waals surface area contributed by atoms with Gasteiger partial charge >= 0.3 is 5.97 Å². The lowest BCUT2D eigenvalue weighted by molar-refractivity contribution is -0.137.